The van der Waals surface area contributed by atoms with Crippen molar-refractivity contribution in [3.05, 3.63) is 52.0 Å². The Morgan fingerprint density at radius 1 is 1.10 bits per heavy atom. The van der Waals surface area contributed by atoms with Crippen molar-refractivity contribution >= 4 is 23.2 Å². The van der Waals surface area contributed by atoms with Crippen LogP contribution in [0.1, 0.15) is 19.4 Å². The van der Waals surface area contributed by atoms with E-state index in [9.17, 15) is 0 Å². The van der Waals surface area contributed by atoms with E-state index in [-0.39, 0.29) is 0 Å². The largest absolute Gasteiger partial charge is 0.495 e. The first-order valence-electron chi connectivity index (χ1n) is 6.87. The molecule has 2 rings (SSSR count). The van der Waals surface area contributed by atoms with Gasteiger partial charge in [-0.2, -0.15) is 0 Å². The number of ether oxygens (including phenoxy) is 1. The van der Waals surface area contributed by atoms with Crippen LogP contribution in [0.2, 0.25) is 10.0 Å². The average molecular weight is 324 g/mol. The Hall–Kier alpha value is -1.22. The van der Waals surface area contributed by atoms with Gasteiger partial charge in [0.25, 0.3) is 0 Å². The van der Waals surface area contributed by atoms with Gasteiger partial charge in [-0.05, 0) is 41.0 Å². The summed E-state index contributed by atoms with van der Waals surface area (Å²) in [7, 11) is 1.62. The predicted octanol–water partition coefficient (Wildman–Crippen LogP) is 5.17. The second kappa shape index (κ2) is 7.17. The van der Waals surface area contributed by atoms with Crippen molar-refractivity contribution in [3.8, 4) is 16.9 Å². The van der Waals surface area contributed by atoms with Crippen LogP contribution < -0.4 is 10.1 Å². The van der Waals surface area contributed by atoms with Gasteiger partial charge in [0.05, 0.1) is 12.1 Å². The van der Waals surface area contributed by atoms with Gasteiger partial charge in [0.1, 0.15) is 5.75 Å². The van der Waals surface area contributed by atoms with Crippen molar-refractivity contribution < 1.29 is 4.74 Å². The fraction of sp³-hybridized carbons (Fsp3) is 0.294. The van der Waals surface area contributed by atoms with Crippen LogP contribution in [0.25, 0.3) is 11.1 Å². The molecule has 0 spiro atoms. The van der Waals surface area contributed by atoms with Crippen molar-refractivity contribution in [2.75, 3.05) is 7.11 Å². The lowest BCUT2D eigenvalue weighted by atomic mass is 9.99. The minimum absolute atomic E-state index is 0.414. The standard InChI is InChI=1S/C17H19Cl2NO/c1-11(2)20-10-13-8-14(18)5-6-15(13)12-4-7-16(19)17(9-12)21-3/h4-9,11,20H,10H2,1-3H3. The summed E-state index contributed by atoms with van der Waals surface area (Å²) < 4.78 is 5.30. The molecule has 0 aliphatic rings. The van der Waals surface area contributed by atoms with E-state index in [0.717, 1.165) is 28.3 Å². The Kier molecular flexibility index (Phi) is 5.51. The van der Waals surface area contributed by atoms with Crippen LogP contribution in [0, 0.1) is 0 Å². The van der Waals surface area contributed by atoms with E-state index in [2.05, 4.69) is 19.2 Å². The van der Waals surface area contributed by atoms with Crippen molar-refractivity contribution in [2.24, 2.45) is 0 Å². The van der Waals surface area contributed by atoms with Gasteiger partial charge in [-0.15, -0.1) is 0 Å². The van der Waals surface area contributed by atoms with Gasteiger partial charge in [-0.3, -0.25) is 0 Å². The summed E-state index contributed by atoms with van der Waals surface area (Å²) in [5, 5.41) is 4.77. The minimum Gasteiger partial charge on any atom is -0.495 e. The van der Waals surface area contributed by atoms with E-state index in [0.29, 0.717) is 16.8 Å². The molecule has 2 aromatic rings. The topological polar surface area (TPSA) is 21.3 Å². The van der Waals surface area contributed by atoms with Crippen LogP contribution in [-0.4, -0.2) is 13.2 Å². The molecule has 0 radical (unpaired) electrons. The third-order valence-electron chi connectivity index (χ3n) is 3.23. The summed E-state index contributed by atoms with van der Waals surface area (Å²) in [6.45, 7) is 5.00. The first kappa shape index (κ1) is 16.2. The summed E-state index contributed by atoms with van der Waals surface area (Å²) in [4.78, 5) is 0. The smallest absolute Gasteiger partial charge is 0.138 e. The zero-order valence-electron chi connectivity index (χ0n) is 12.4. The third kappa shape index (κ3) is 4.13. The summed E-state index contributed by atoms with van der Waals surface area (Å²) in [6.07, 6.45) is 0. The Balaban J connectivity index is 2.42. The highest BCUT2D eigenvalue weighted by Crippen LogP contribution is 2.33. The van der Waals surface area contributed by atoms with Crippen LogP contribution in [0.3, 0.4) is 0 Å². The lowest BCUT2D eigenvalue weighted by molar-refractivity contribution is 0.415. The maximum atomic E-state index is 6.13. The summed E-state index contributed by atoms with van der Waals surface area (Å²) >= 11 is 12.2. The van der Waals surface area contributed by atoms with Gasteiger partial charge < -0.3 is 10.1 Å². The molecule has 0 aromatic heterocycles. The van der Waals surface area contributed by atoms with Crippen LogP contribution in [0.4, 0.5) is 0 Å². The summed E-state index contributed by atoms with van der Waals surface area (Å²) in [6, 6.07) is 12.1. The van der Waals surface area contributed by atoms with Gasteiger partial charge in [-0.1, -0.05) is 49.2 Å². The monoisotopic (exact) mass is 323 g/mol. The number of nitrogens with one attached hydrogen (secondary N) is 1. The summed E-state index contributed by atoms with van der Waals surface area (Å²) in [5.41, 5.74) is 3.34. The number of halogens is 2. The molecule has 2 aromatic carbocycles. The molecule has 0 unspecified atom stereocenters. The molecule has 0 saturated heterocycles. The van der Waals surface area contributed by atoms with E-state index in [1.54, 1.807) is 7.11 Å². The molecule has 112 valence electrons. The third-order valence-corrected chi connectivity index (χ3v) is 3.78. The fourth-order valence-corrected chi connectivity index (χ4v) is 2.52. The molecule has 0 aliphatic heterocycles. The van der Waals surface area contributed by atoms with Crippen LogP contribution >= 0.6 is 23.2 Å². The van der Waals surface area contributed by atoms with Gasteiger partial charge in [-0.25, -0.2) is 0 Å². The molecule has 0 heterocycles. The van der Waals surface area contributed by atoms with Gasteiger partial charge in [0.15, 0.2) is 0 Å². The quantitative estimate of drug-likeness (QED) is 0.819. The number of methoxy groups -OCH3 is 1. The van der Waals surface area contributed by atoms with Crippen molar-refractivity contribution in [3.63, 3.8) is 0 Å². The Bertz CT molecular complexity index is 626. The van der Waals surface area contributed by atoms with Gasteiger partial charge >= 0.3 is 0 Å². The maximum absolute atomic E-state index is 6.13. The van der Waals surface area contributed by atoms with Gasteiger partial charge in [0, 0.05) is 17.6 Å². The first-order chi connectivity index (χ1) is 10.0. The molecule has 2 nitrogen and oxygen atoms in total. The Morgan fingerprint density at radius 3 is 2.52 bits per heavy atom. The van der Waals surface area contributed by atoms with Crippen LogP contribution in [0.15, 0.2) is 36.4 Å². The second-order valence-corrected chi connectivity index (χ2v) is 6.03. The van der Waals surface area contributed by atoms with Crippen molar-refractivity contribution in [2.45, 2.75) is 26.4 Å². The molecule has 0 atom stereocenters. The molecule has 0 saturated carbocycles. The normalized spacial score (nSPS) is 11.0. The lowest BCUT2D eigenvalue weighted by Crippen LogP contribution is -2.22. The number of hydrogen-bond donors (Lipinski definition) is 1. The second-order valence-electron chi connectivity index (χ2n) is 5.19. The molecule has 0 fully saturated rings. The number of rotatable bonds is 5. The van der Waals surface area contributed by atoms with E-state index in [4.69, 9.17) is 27.9 Å². The Morgan fingerprint density at radius 2 is 1.86 bits per heavy atom. The highest BCUT2D eigenvalue weighted by Gasteiger charge is 2.09. The average Bonchev–Trinajstić information content (AvgIpc) is 2.46. The van der Waals surface area contributed by atoms with Crippen molar-refractivity contribution in [1.82, 2.24) is 5.32 Å². The van der Waals surface area contributed by atoms with E-state index in [1.807, 2.05) is 36.4 Å². The molecule has 4 heteroatoms. The molecule has 0 aliphatic carbocycles. The SMILES string of the molecule is COc1cc(-c2ccc(Cl)cc2CNC(C)C)ccc1Cl. The van der Waals surface area contributed by atoms with Crippen LogP contribution in [-0.2, 0) is 6.54 Å². The highest BCUT2D eigenvalue weighted by atomic mass is 35.5. The number of benzene rings is 2. The van der Waals surface area contributed by atoms with E-state index >= 15 is 0 Å². The predicted molar refractivity (Wildman–Crippen MR) is 90.4 cm³/mol. The van der Waals surface area contributed by atoms with Crippen LogP contribution in [0.5, 0.6) is 5.75 Å². The molecule has 21 heavy (non-hydrogen) atoms. The highest BCUT2D eigenvalue weighted by molar-refractivity contribution is 6.32. The molecule has 1 N–H and O–H groups in total. The summed E-state index contributed by atoms with van der Waals surface area (Å²) in [5.74, 6) is 0.673. The Labute approximate surface area is 136 Å². The molecule has 0 bridgehead atoms. The molecular weight excluding hydrogens is 305 g/mol. The minimum atomic E-state index is 0.414. The molecular formula is C17H19Cl2NO. The van der Waals surface area contributed by atoms with E-state index in [1.165, 1.54) is 0 Å². The number of hydrogen-bond acceptors (Lipinski definition) is 2. The molecule has 0 amide bonds. The van der Waals surface area contributed by atoms with Crippen molar-refractivity contribution in [1.29, 1.82) is 0 Å². The fourth-order valence-electron chi connectivity index (χ4n) is 2.13. The van der Waals surface area contributed by atoms with E-state index < -0.39 is 0 Å². The maximum Gasteiger partial charge on any atom is 0.138 e. The zero-order chi connectivity index (χ0) is 15.4. The lowest BCUT2D eigenvalue weighted by Gasteiger charge is -2.14. The first-order valence-corrected chi connectivity index (χ1v) is 7.62. The van der Waals surface area contributed by atoms with Gasteiger partial charge in [0.2, 0.25) is 0 Å². The zero-order valence-corrected chi connectivity index (χ0v) is 13.9.